The molecule has 0 unspecified atom stereocenters. The molecule has 1 saturated carbocycles. The first-order valence-corrected chi connectivity index (χ1v) is 8.56. The summed E-state index contributed by atoms with van der Waals surface area (Å²) < 4.78 is 5.30. The maximum absolute atomic E-state index is 12.7. The molecule has 1 aliphatic heterocycles. The third-order valence-electron chi connectivity index (χ3n) is 4.77. The number of hydrogen-bond acceptors (Lipinski definition) is 4. The van der Waals surface area contributed by atoms with E-state index in [0.717, 1.165) is 19.3 Å². The Morgan fingerprint density at radius 1 is 1.20 bits per heavy atom. The highest BCUT2D eigenvalue weighted by atomic mass is 16.5. The predicted molar refractivity (Wildman–Crippen MR) is 90.3 cm³/mol. The molecule has 1 aliphatic carbocycles. The number of anilines is 1. The van der Waals surface area contributed by atoms with Crippen LogP contribution in [-0.4, -0.2) is 53.6 Å². The van der Waals surface area contributed by atoms with Crippen LogP contribution >= 0.6 is 0 Å². The summed E-state index contributed by atoms with van der Waals surface area (Å²) in [5, 5.41) is 11.9. The van der Waals surface area contributed by atoms with E-state index < -0.39 is 12.0 Å². The van der Waals surface area contributed by atoms with Crippen molar-refractivity contribution >= 4 is 23.5 Å². The lowest BCUT2D eigenvalue weighted by molar-refractivity contribution is -0.139. The number of benzene rings is 1. The lowest BCUT2D eigenvalue weighted by Crippen LogP contribution is -2.49. The first kappa shape index (κ1) is 17.4. The van der Waals surface area contributed by atoms with Crippen molar-refractivity contribution in [2.75, 3.05) is 25.1 Å². The highest BCUT2D eigenvalue weighted by Gasteiger charge is 2.30. The van der Waals surface area contributed by atoms with Crippen LogP contribution in [-0.2, 0) is 14.3 Å². The number of rotatable bonds is 5. The van der Waals surface area contributed by atoms with Crippen molar-refractivity contribution in [3.05, 3.63) is 29.8 Å². The Morgan fingerprint density at radius 3 is 2.52 bits per heavy atom. The second kappa shape index (κ2) is 7.65. The van der Waals surface area contributed by atoms with Gasteiger partial charge in [0.2, 0.25) is 5.91 Å². The van der Waals surface area contributed by atoms with Crippen LogP contribution in [0.15, 0.2) is 24.3 Å². The lowest BCUT2D eigenvalue weighted by atomic mass is 9.85. The topological polar surface area (TPSA) is 95.9 Å². The minimum Gasteiger partial charge on any atom is -0.481 e. The molecule has 1 heterocycles. The first-order chi connectivity index (χ1) is 12.0. The smallest absolute Gasteiger partial charge is 0.305 e. The average molecular weight is 346 g/mol. The molecule has 2 amide bonds. The summed E-state index contributed by atoms with van der Waals surface area (Å²) in [6, 6.07) is 6.27. The molecule has 0 radical (unpaired) electrons. The molecule has 0 spiro atoms. The monoisotopic (exact) mass is 346 g/mol. The number of carboxylic acid groups (broad SMARTS) is 1. The van der Waals surface area contributed by atoms with Crippen molar-refractivity contribution in [1.82, 2.24) is 4.90 Å². The average Bonchev–Trinajstić information content (AvgIpc) is 2.53. The molecule has 7 nitrogen and oxygen atoms in total. The predicted octanol–water partition coefficient (Wildman–Crippen LogP) is 1.74. The summed E-state index contributed by atoms with van der Waals surface area (Å²) in [5.41, 5.74) is 1.14. The number of aliphatic carboxylic acids is 1. The Morgan fingerprint density at radius 2 is 1.92 bits per heavy atom. The third kappa shape index (κ3) is 4.17. The van der Waals surface area contributed by atoms with E-state index in [1.807, 2.05) is 0 Å². The molecular weight excluding hydrogens is 324 g/mol. The lowest BCUT2D eigenvalue weighted by Gasteiger charge is -2.34. The van der Waals surface area contributed by atoms with E-state index in [0.29, 0.717) is 24.4 Å². The molecule has 2 N–H and O–H groups in total. The Balaban J connectivity index is 1.64. The standard InChI is InChI=1S/C18H22N2O5/c21-16(22)10-15-11-25-9-8-20(15)18(24)13-4-6-14(7-5-13)19-17(23)12-2-1-3-12/h4-7,12,15H,1-3,8-11H2,(H,19,23)(H,21,22)/t15-/m1/s1. The SMILES string of the molecule is O=C(O)C[C@@H]1COCCN1C(=O)c1ccc(NC(=O)C2CCC2)cc1. The van der Waals surface area contributed by atoms with Crippen molar-refractivity contribution in [3.63, 3.8) is 0 Å². The van der Waals surface area contributed by atoms with Crippen molar-refractivity contribution in [2.24, 2.45) is 5.92 Å². The summed E-state index contributed by atoms with van der Waals surface area (Å²) in [5.74, 6) is -1.04. The number of carbonyl (C=O) groups excluding carboxylic acids is 2. The number of carbonyl (C=O) groups is 3. The fourth-order valence-corrected chi connectivity index (χ4v) is 3.07. The first-order valence-electron chi connectivity index (χ1n) is 8.56. The number of nitrogens with zero attached hydrogens (tertiary/aromatic N) is 1. The molecular formula is C18H22N2O5. The number of carboxylic acids is 1. The molecule has 1 atom stereocenters. The van der Waals surface area contributed by atoms with Gasteiger partial charge in [0.25, 0.3) is 5.91 Å². The minimum absolute atomic E-state index is 0.0278. The van der Waals surface area contributed by atoms with Crippen LogP contribution in [0.3, 0.4) is 0 Å². The van der Waals surface area contributed by atoms with E-state index in [1.165, 1.54) is 0 Å². The maximum atomic E-state index is 12.7. The van der Waals surface area contributed by atoms with Crippen LogP contribution in [0.5, 0.6) is 0 Å². The van der Waals surface area contributed by atoms with Crippen LogP contribution in [0.2, 0.25) is 0 Å². The highest BCUT2D eigenvalue weighted by molar-refractivity contribution is 5.96. The van der Waals surface area contributed by atoms with Gasteiger partial charge in [-0.15, -0.1) is 0 Å². The van der Waals surface area contributed by atoms with Gasteiger partial charge in [0.15, 0.2) is 0 Å². The zero-order valence-corrected chi connectivity index (χ0v) is 13.9. The van der Waals surface area contributed by atoms with Gasteiger partial charge in [0.1, 0.15) is 0 Å². The summed E-state index contributed by atoms with van der Waals surface area (Å²) in [6.07, 6.45) is 2.83. The summed E-state index contributed by atoms with van der Waals surface area (Å²) in [4.78, 5) is 37.2. The molecule has 1 saturated heterocycles. The van der Waals surface area contributed by atoms with Gasteiger partial charge < -0.3 is 20.1 Å². The quantitative estimate of drug-likeness (QED) is 0.847. The molecule has 1 aromatic rings. The number of nitrogens with one attached hydrogen (secondary N) is 1. The Labute approximate surface area is 146 Å². The maximum Gasteiger partial charge on any atom is 0.305 e. The summed E-state index contributed by atoms with van der Waals surface area (Å²) in [7, 11) is 0. The van der Waals surface area contributed by atoms with Crippen molar-refractivity contribution in [1.29, 1.82) is 0 Å². The highest BCUT2D eigenvalue weighted by Crippen LogP contribution is 2.27. The largest absolute Gasteiger partial charge is 0.481 e. The molecule has 3 rings (SSSR count). The third-order valence-corrected chi connectivity index (χ3v) is 4.77. The fourth-order valence-electron chi connectivity index (χ4n) is 3.07. The Kier molecular flexibility index (Phi) is 5.33. The molecule has 7 heteroatoms. The van der Waals surface area contributed by atoms with E-state index in [1.54, 1.807) is 29.2 Å². The zero-order valence-electron chi connectivity index (χ0n) is 13.9. The van der Waals surface area contributed by atoms with Crippen molar-refractivity contribution in [2.45, 2.75) is 31.7 Å². The summed E-state index contributed by atoms with van der Waals surface area (Å²) >= 11 is 0. The molecule has 0 aromatic heterocycles. The van der Waals surface area contributed by atoms with Gasteiger partial charge in [-0.1, -0.05) is 6.42 Å². The Hall–Kier alpha value is -2.41. The Bertz CT molecular complexity index is 654. The van der Waals surface area contributed by atoms with Crippen molar-refractivity contribution in [3.8, 4) is 0 Å². The molecule has 2 aliphatic rings. The second-order valence-corrected chi connectivity index (χ2v) is 6.52. The van der Waals surface area contributed by atoms with Gasteiger partial charge in [-0.2, -0.15) is 0 Å². The van der Waals surface area contributed by atoms with Gasteiger partial charge in [0.05, 0.1) is 25.7 Å². The van der Waals surface area contributed by atoms with Crippen LogP contribution in [0.25, 0.3) is 0 Å². The number of morpholine rings is 1. The minimum atomic E-state index is -0.956. The zero-order chi connectivity index (χ0) is 17.8. The van der Waals surface area contributed by atoms with Crippen molar-refractivity contribution < 1.29 is 24.2 Å². The number of ether oxygens (including phenoxy) is 1. The van der Waals surface area contributed by atoms with Gasteiger partial charge in [-0.3, -0.25) is 14.4 Å². The number of amides is 2. The van der Waals surface area contributed by atoms with Crippen LogP contribution in [0, 0.1) is 5.92 Å². The van der Waals surface area contributed by atoms with E-state index in [-0.39, 0.29) is 30.8 Å². The molecule has 1 aromatic carbocycles. The van der Waals surface area contributed by atoms with E-state index >= 15 is 0 Å². The van der Waals surface area contributed by atoms with E-state index in [4.69, 9.17) is 9.84 Å². The second-order valence-electron chi connectivity index (χ2n) is 6.52. The van der Waals surface area contributed by atoms with E-state index in [2.05, 4.69) is 5.32 Å². The molecule has 25 heavy (non-hydrogen) atoms. The molecule has 134 valence electrons. The normalized spacial score (nSPS) is 20.6. The summed E-state index contributed by atoms with van der Waals surface area (Å²) in [6.45, 7) is 1.00. The van der Waals surface area contributed by atoms with Crippen LogP contribution in [0.4, 0.5) is 5.69 Å². The van der Waals surface area contributed by atoms with Crippen LogP contribution in [0.1, 0.15) is 36.0 Å². The van der Waals surface area contributed by atoms with E-state index in [9.17, 15) is 14.4 Å². The van der Waals surface area contributed by atoms with Gasteiger partial charge >= 0.3 is 5.97 Å². The van der Waals surface area contributed by atoms with Gasteiger partial charge in [-0.25, -0.2) is 0 Å². The van der Waals surface area contributed by atoms with Gasteiger partial charge in [-0.05, 0) is 37.1 Å². The van der Waals surface area contributed by atoms with Gasteiger partial charge in [0, 0.05) is 23.7 Å². The number of hydrogen-bond donors (Lipinski definition) is 2. The molecule has 2 fully saturated rings. The molecule has 0 bridgehead atoms. The van der Waals surface area contributed by atoms with Crippen LogP contribution < -0.4 is 5.32 Å². The fraction of sp³-hybridized carbons (Fsp3) is 0.500.